The van der Waals surface area contributed by atoms with Crippen molar-refractivity contribution < 1.29 is 27.0 Å². The van der Waals surface area contributed by atoms with E-state index in [1.54, 1.807) is 12.1 Å². The molecule has 168 valence electrons. The Morgan fingerprint density at radius 3 is 2.52 bits per heavy atom. The van der Waals surface area contributed by atoms with Crippen molar-refractivity contribution in [2.24, 2.45) is 5.92 Å². The largest absolute Gasteiger partial charge is 0.348 e. The van der Waals surface area contributed by atoms with E-state index in [2.05, 4.69) is 6.58 Å². The summed E-state index contributed by atoms with van der Waals surface area (Å²) >= 11 is 0. The molecule has 0 radical (unpaired) electrons. The van der Waals surface area contributed by atoms with Gasteiger partial charge in [0.1, 0.15) is 11.6 Å². The summed E-state index contributed by atoms with van der Waals surface area (Å²) in [6.45, 7) is 6.42. The molecule has 2 nitrogen and oxygen atoms in total. The van der Waals surface area contributed by atoms with Crippen LogP contribution in [0.15, 0.2) is 41.8 Å². The standard InChI is InChI=1S/C25H28F4O2/c1-3-5-7-14-12-30-25(31-13-14)18-11-10-17-16-9-8-15(6-4-2)21(26)19(16)23(28)24(29)20(17)22(18)27/h3,8-9,14,23-25H,1,4-7,10-13H2,2H3. The summed E-state index contributed by atoms with van der Waals surface area (Å²) < 4.78 is 71.9. The molecule has 1 saturated heterocycles. The molecule has 6 heteroatoms. The number of hydrogen-bond acceptors (Lipinski definition) is 2. The van der Waals surface area contributed by atoms with Crippen molar-refractivity contribution in [3.63, 3.8) is 0 Å². The van der Waals surface area contributed by atoms with Gasteiger partial charge < -0.3 is 9.47 Å². The Balaban J connectivity index is 1.65. The molecule has 1 aliphatic heterocycles. The van der Waals surface area contributed by atoms with Crippen molar-refractivity contribution in [2.45, 2.75) is 64.1 Å². The van der Waals surface area contributed by atoms with Crippen LogP contribution in [0.25, 0.3) is 5.57 Å². The van der Waals surface area contributed by atoms with Crippen LogP contribution in [0, 0.1) is 11.7 Å². The quantitative estimate of drug-likeness (QED) is 0.358. The Morgan fingerprint density at radius 2 is 1.84 bits per heavy atom. The second-order valence-corrected chi connectivity index (χ2v) is 8.52. The van der Waals surface area contributed by atoms with Gasteiger partial charge in [-0.15, -0.1) is 6.58 Å². The summed E-state index contributed by atoms with van der Waals surface area (Å²) in [5, 5.41) is 0. The molecule has 0 saturated carbocycles. The molecule has 0 aromatic heterocycles. The van der Waals surface area contributed by atoms with Crippen LogP contribution in [0.1, 0.15) is 61.9 Å². The van der Waals surface area contributed by atoms with Gasteiger partial charge in [-0.1, -0.05) is 31.6 Å². The summed E-state index contributed by atoms with van der Waals surface area (Å²) in [4.78, 5) is 0. The van der Waals surface area contributed by atoms with Crippen LogP contribution in [-0.4, -0.2) is 25.7 Å². The van der Waals surface area contributed by atoms with Crippen molar-refractivity contribution in [1.29, 1.82) is 0 Å². The van der Waals surface area contributed by atoms with Gasteiger partial charge in [-0.25, -0.2) is 17.6 Å². The molecule has 0 N–H and O–H groups in total. The molecule has 31 heavy (non-hydrogen) atoms. The number of halogens is 4. The molecule has 2 atom stereocenters. The monoisotopic (exact) mass is 436 g/mol. The van der Waals surface area contributed by atoms with Gasteiger partial charge in [0.25, 0.3) is 0 Å². The molecule has 1 aromatic carbocycles. The van der Waals surface area contributed by atoms with Crippen molar-refractivity contribution >= 4 is 5.57 Å². The van der Waals surface area contributed by atoms with Crippen molar-refractivity contribution in [2.75, 3.05) is 13.2 Å². The SMILES string of the molecule is C=CCCC1COC(C2=C(F)C3=C(CC2)c2ccc(CCC)c(F)c2C(F)C3F)OC1. The normalized spacial score (nSPS) is 28.4. The van der Waals surface area contributed by atoms with E-state index in [-0.39, 0.29) is 41.0 Å². The van der Waals surface area contributed by atoms with E-state index < -0.39 is 30.3 Å². The van der Waals surface area contributed by atoms with Crippen LogP contribution in [0.5, 0.6) is 0 Å². The first-order valence-corrected chi connectivity index (χ1v) is 11.0. The molecule has 1 aromatic rings. The number of aryl methyl sites for hydroxylation is 1. The number of rotatable bonds is 6. The van der Waals surface area contributed by atoms with Gasteiger partial charge in [0, 0.05) is 22.6 Å². The fourth-order valence-corrected chi connectivity index (χ4v) is 4.79. The molecule has 1 fully saturated rings. The molecule has 0 bridgehead atoms. The lowest BCUT2D eigenvalue weighted by Gasteiger charge is -2.36. The zero-order valence-corrected chi connectivity index (χ0v) is 17.7. The summed E-state index contributed by atoms with van der Waals surface area (Å²) in [5.41, 5.74) is 0.607. The summed E-state index contributed by atoms with van der Waals surface area (Å²) in [7, 11) is 0. The van der Waals surface area contributed by atoms with E-state index >= 15 is 13.2 Å². The Kier molecular flexibility index (Phi) is 6.68. The molecule has 1 heterocycles. The Bertz CT molecular complexity index is 912. The Labute approximate surface area is 180 Å². The summed E-state index contributed by atoms with van der Waals surface area (Å²) in [6.07, 6.45) is -0.189. The lowest BCUT2D eigenvalue weighted by atomic mass is 9.76. The predicted octanol–water partition coefficient (Wildman–Crippen LogP) is 6.87. The van der Waals surface area contributed by atoms with Gasteiger partial charge in [0.15, 0.2) is 18.6 Å². The molecule has 3 aliphatic rings. The van der Waals surface area contributed by atoms with Crippen LogP contribution in [0.4, 0.5) is 17.6 Å². The van der Waals surface area contributed by atoms with E-state index in [9.17, 15) is 4.39 Å². The summed E-state index contributed by atoms with van der Waals surface area (Å²) in [5.74, 6) is -1.32. The van der Waals surface area contributed by atoms with Gasteiger partial charge >= 0.3 is 0 Å². The van der Waals surface area contributed by atoms with Crippen LogP contribution in [0.2, 0.25) is 0 Å². The lowest BCUT2D eigenvalue weighted by Crippen LogP contribution is -2.35. The number of hydrogen-bond donors (Lipinski definition) is 0. The van der Waals surface area contributed by atoms with Gasteiger partial charge in [-0.2, -0.15) is 0 Å². The maximum Gasteiger partial charge on any atom is 0.182 e. The fraction of sp³-hybridized carbons (Fsp3) is 0.520. The highest BCUT2D eigenvalue weighted by atomic mass is 19.2. The predicted molar refractivity (Wildman–Crippen MR) is 112 cm³/mol. The van der Waals surface area contributed by atoms with E-state index in [1.165, 1.54) is 0 Å². The van der Waals surface area contributed by atoms with Crippen LogP contribution in [0.3, 0.4) is 0 Å². The minimum atomic E-state index is -2.26. The highest BCUT2D eigenvalue weighted by molar-refractivity contribution is 5.80. The first-order valence-electron chi connectivity index (χ1n) is 11.0. The van der Waals surface area contributed by atoms with E-state index in [1.807, 2.05) is 13.0 Å². The molecule has 2 aliphatic carbocycles. The third kappa shape index (κ3) is 4.00. The molecular weight excluding hydrogens is 408 g/mol. The van der Waals surface area contributed by atoms with Crippen LogP contribution < -0.4 is 0 Å². The minimum absolute atomic E-state index is 0.197. The number of benzene rings is 1. The maximum absolute atomic E-state index is 15.4. The van der Waals surface area contributed by atoms with Crippen molar-refractivity contribution in [1.82, 2.24) is 0 Å². The van der Waals surface area contributed by atoms with Gasteiger partial charge in [-0.3, -0.25) is 0 Å². The highest BCUT2D eigenvalue weighted by Gasteiger charge is 2.43. The first-order chi connectivity index (χ1) is 15.0. The smallest absolute Gasteiger partial charge is 0.182 e. The van der Waals surface area contributed by atoms with Crippen LogP contribution >= 0.6 is 0 Å². The molecule has 4 rings (SSSR count). The first kappa shape index (κ1) is 22.3. The number of ether oxygens (including phenoxy) is 2. The zero-order valence-electron chi connectivity index (χ0n) is 17.7. The van der Waals surface area contributed by atoms with E-state index in [0.29, 0.717) is 37.2 Å². The Hall–Kier alpha value is -1.92. The zero-order chi connectivity index (χ0) is 22.1. The third-order valence-corrected chi connectivity index (χ3v) is 6.43. The number of allylic oxidation sites excluding steroid dienone is 4. The molecular formula is C25H28F4O2. The van der Waals surface area contributed by atoms with Crippen molar-refractivity contribution in [3.8, 4) is 0 Å². The van der Waals surface area contributed by atoms with E-state index in [0.717, 1.165) is 12.8 Å². The van der Waals surface area contributed by atoms with Crippen LogP contribution in [-0.2, 0) is 15.9 Å². The molecule has 0 amide bonds. The second kappa shape index (κ2) is 9.29. The molecule has 2 unspecified atom stereocenters. The average molecular weight is 436 g/mol. The van der Waals surface area contributed by atoms with Gasteiger partial charge in [0.2, 0.25) is 0 Å². The molecule has 0 spiro atoms. The van der Waals surface area contributed by atoms with Gasteiger partial charge in [-0.05, 0) is 48.8 Å². The lowest BCUT2D eigenvalue weighted by molar-refractivity contribution is -0.182. The van der Waals surface area contributed by atoms with E-state index in [4.69, 9.17) is 9.47 Å². The fourth-order valence-electron chi connectivity index (χ4n) is 4.79. The third-order valence-electron chi connectivity index (χ3n) is 6.43. The average Bonchev–Trinajstić information content (AvgIpc) is 2.78. The Morgan fingerprint density at radius 1 is 1.10 bits per heavy atom. The minimum Gasteiger partial charge on any atom is -0.348 e. The second-order valence-electron chi connectivity index (χ2n) is 8.52. The number of fused-ring (bicyclic) bond motifs is 2. The highest BCUT2D eigenvalue weighted by Crippen LogP contribution is 2.51. The summed E-state index contributed by atoms with van der Waals surface area (Å²) in [6, 6.07) is 3.20. The van der Waals surface area contributed by atoms with Crippen molar-refractivity contribution in [3.05, 3.63) is 64.3 Å². The maximum atomic E-state index is 15.4. The topological polar surface area (TPSA) is 18.5 Å². The number of alkyl halides is 2. The van der Waals surface area contributed by atoms with Gasteiger partial charge in [0.05, 0.1) is 13.2 Å².